The molecule has 0 bridgehead atoms. The lowest BCUT2D eigenvalue weighted by molar-refractivity contribution is -0.154. The normalized spacial score (nSPS) is 16.1. The molecular formula is C19H27ClO6S. The SMILES string of the molecule is CC(C)(C)OC(=O)CCc1ccc(Cl)c(S(=O)(=O)C(C)(C)C2COC2)c1O. The highest BCUT2D eigenvalue weighted by Crippen LogP contribution is 2.43. The van der Waals surface area contributed by atoms with Gasteiger partial charge in [0.25, 0.3) is 0 Å². The Morgan fingerprint density at radius 3 is 2.33 bits per heavy atom. The summed E-state index contributed by atoms with van der Waals surface area (Å²) in [4.78, 5) is 11.6. The number of phenols is 1. The Hall–Kier alpha value is -1.31. The average molecular weight is 419 g/mol. The third-order valence-corrected chi connectivity index (χ3v) is 7.86. The molecule has 0 atom stereocenters. The molecule has 152 valence electrons. The zero-order chi connectivity index (χ0) is 20.6. The van der Waals surface area contributed by atoms with E-state index < -0.39 is 31.9 Å². The fraction of sp³-hybridized carbons (Fsp3) is 0.632. The number of aryl methyl sites for hydroxylation is 1. The first kappa shape index (κ1) is 22.0. The zero-order valence-electron chi connectivity index (χ0n) is 16.3. The number of hydrogen-bond acceptors (Lipinski definition) is 6. The molecule has 0 amide bonds. The smallest absolute Gasteiger partial charge is 0.306 e. The summed E-state index contributed by atoms with van der Waals surface area (Å²) in [5, 5.41) is 10.6. The van der Waals surface area contributed by atoms with Gasteiger partial charge in [0.2, 0.25) is 0 Å². The Morgan fingerprint density at radius 1 is 1.26 bits per heavy atom. The van der Waals surface area contributed by atoms with Crippen LogP contribution in [0.3, 0.4) is 0 Å². The number of carbonyl (C=O) groups is 1. The molecule has 2 rings (SSSR count). The van der Waals surface area contributed by atoms with Crippen LogP contribution in [0.1, 0.15) is 46.6 Å². The van der Waals surface area contributed by atoms with Crippen molar-refractivity contribution in [2.75, 3.05) is 13.2 Å². The van der Waals surface area contributed by atoms with E-state index >= 15 is 0 Å². The first-order chi connectivity index (χ1) is 12.3. The number of aromatic hydroxyl groups is 1. The van der Waals surface area contributed by atoms with Crippen molar-refractivity contribution in [2.24, 2.45) is 5.92 Å². The maximum atomic E-state index is 13.2. The molecule has 1 fully saturated rings. The molecule has 0 radical (unpaired) electrons. The summed E-state index contributed by atoms with van der Waals surface area (Å²) in [5.74, 6) is -1.00. The predicted octanol–water partition coefficient (Wildman–Crippen LogP) is 3.52. The summed E-state index contributed by atoms with van der Waals surface area (Å²) in [6.45, 7) is 9.22. The van der Waals surface area contributed by atoms with Crippen molar-refractivity contribution in [3.05, 3.63) is 22.7 Å². The monoisotopic (exact) mass is 418 g/mol. The number of rotatable bonds is 6. The Bertz CT molecular complexity index is 819. The molecule has 0 unspecified atom stereocenters. The van der Waals surface area contributed by atoms with Gasteiger partial charge in [-0.15, -0.1) is 0 Å². The topological polar surface area (TPSA) is 89.9 Å². The van der Waals surface area contributed by atoms with Crippen LogP contribution in [0.15, 0.2) is 17.0 Å². The fourth-order valence-corrected chi connectivity index (χ4v) is 5.06. The van der Waals surface area contributed by atoms with Gasteiger partial charge in [0, 0.05) is 12.3 Å². The van der Waals surface area contributed by atoms with E-state index in [1.165, 1.54) is 12.1 Å². The minimum absolute atomic E-state index is 0.0197. The Labute approximate surface area is 165 Å². The Morgan fingerprint density at radius 2 is 1.85 bits per heavy atom. The Balaban J connectivity index is 2.31. The number of sulfone groups is 1. The summed E-state index contributed by atoms with van der Waals surface area (Å²) < 4.78 is 35.7. The molecular weight excluding hydrogens is 392 g/mol. The number of ether oxygens (including phenoxy) is 2. The number of phenolic OH excluding ortho intramolecular Hbond substituents is 1. The molecule has 1 aromatic carbocycles. The van der Waals surface area contributed by atoms with Crippen molar-refractivity contribution in [3.8, 4) is 5.75 Å². The first-order valence-corrected chi connectivity index (χ1v) is 10.7. The van der Waals surface area contributed by atoms with E-state index in [1.807, 2.05) is 0 Å². The summed E-state index contributed by atoms with van der Waals surface area (Å²) in [6.07, 6.45) is 0.166. The average Bonchev–Trinajstić information content (AvgIpc) is 2.41. The highest BCUT2D eigenvalue weighted by molar-refractivity contribution is 7.93. The molecule has 8 heteroatoms. The molecule has 0 saturated carbocycles. The highest BCUT2D eigenvalue weighted by Gasteiger charge is 2.48. The van der Waals surface area contributed by atoms with Gasteiger partial charge < -0.3 is 14.6 Å². The number of halogens is 1. The quantitative estimate of drug-likeness (QED) is 0.711. The molecule has 27 heavy (non-hydrogen) atoms. The summed E-state index contributed by atoms with van der Waals surface area (Å²) in [7, 11) is -3.93. The van der Waals surface area contributed by atoms with Crippen LogP contribution in [-0.4, -0.2) is 43.1 Å². The van der Waals surface area contributed by atoms with Crippen molar-refractivity contribution < 1.29 is 27.8 Å². The van der Waals surface area contributed by atoms with E-state index in [9.17, 15) is 18.3 Å². The van der Waals surface area contributed by atoms with Crippen molar-refractivity contribution >= 4 is 27.4 Å². The van der Waals surface area contributed by atoms with Gasteiger partial charge in [-0.2, -0.15) is 0 Å². The molecule has 1 aliphatic heterocycles. The summed E-state index contributed by atoms with van der Waals surface area (Å²) in [6, 6.07) is 2.96. The van der Waals surface area contributed by atoms with Gasteiger partial charge >= 0.3 is 5.97 Å². The minimum atomic E-state index is -3.93. The van der Waals surface area contributed by atoms with Gasteiger partial charge in [0.05, 0.1) is 23.0 Å². The Kier molecular flexibility index (Phi) is 6.19. The van der Waals surface area contributed by atoms with Crippen molar-refractivity contribution in [1.82, 2.24) is 0 Å². The minimum Gasteiger partial charge on any atom is -0.506 e. The van der Waals surface area contributed by atoms with Crippen LogP contribution in [0.5, 0.6) is 5.75 Å². The van der Waals surface area contributed by atoms with Crippen LogP contribution in [0.4, 0.5) is 0 Å². The zero-order valence-corrected chi connectivity index (χ0v) is 17.9. The van der Waals surface area contributed by atoms with Crippen LogP contribution in [0, 0.1) is 5.92 Å². The van der Waals surface area contributed by atoms with Crippen molar-refractivity contribution in [3.63, 3.8) is 0 Å². The predicted molar refractivity (Wildman–Crippen MR) is 103 cm³/mol. The molecule has 6 nitrogen and oxygen atoms in total. The molecule has 0 spiro atoms. The number of esters is 1. The third kappa shape index (κ3) is 4.58. The molecule has 1 heterocycles. The molecule has 1 aliphatic rings. The van der Waals surface area contributed by atoms with Gasteiger partial charge in [-0.3, -0.25) is 4.79 Å². The molecule has 0 aromatic heterocycles. The van der Waals surface area contributed by atoms with Crippen LogP contribution < -0.4 is 0 Å². The largest absolute Gasteiger partial charge is 0.506 e. The van der Waals surface area contributed by atoms with Gasteiger partial charge in [0.15, 0.2) is 9.84 Å². The second-order valence-electron chi connectivity index (χ2n) is 8.31. The van der Waals surface area contributed by atoms with Crippen LogP contribution in [-0.2, 0) is 30.5 Å². The van der Waals surface area contributed by atoms with Gasteiger partial charge in [-0.25, -0.2) is 8.42 Å². The summed E-state index contributed by atoms with van der Waals surface area (Å²) >= 11 is 6.15. The van der Waals surface area contributed by atoms with Gasteiger partial charge in [-0.1, -0.05) is 17.7 Å². The van der Waals surface area contributed by atoms with Crippen LogP contribution in [0.25, 0.3) is 0 Å². The molecule has 1 saturated heterocycles. The van der Waals surface area contributed by atoms with E-state index in [0.29, 0.717) is 18.8 Å². The maximum Gasteiger partial charge on any atom is 0.306 e. The second kappa shape index (κ2) is 7.60. The van der Waals surface area contributed by atoms with E-state index in [4.69, 9.17) is 21.1 Å². The van der Waals surface area contributed by atoms with E-state index in [0.717, 1.165) is 0 Å². The van der Waals surface area contributed by atoms with Crippen molar-refractivity contribution in [1.29, 1.82) is 0 Å². The van der Waals surface area contributed by atoms with Crippen LogP contribution in [0.2, 0.25) is 5.02 Å². The lowest BCUT2D eigenvalue weighted by atomic mass is 9.93. The van der Waals surface area contributed by atoms with E-state index in [2.05, 4.69) is 0 Å². The lowest BCUT2D eigenvalue weighted by Gasteiger charge is -2.39. The van der Waals surface area contributed by atoms with E-state index in [1.54, 1.807) is 34.6 Å². The van der Waals surface area contributed by atoms with Gasteiger partial charge in [0.1, 0.15) is 16.2 Å². The second-order valence-corrected chi connectivity index (χ2v) is 11.2. The fourth-order valence-electron chi connectivity index (χ4n) is 2.79. The molecule has 0 aliphatic carbocycles. The summed E-state index contributed by atoms with van der Waals surface area (Å²) in [5.41, 5.74) is -0.271. The maximum absolute atomic E-state index is 13.2. The van der Waals surface area contributed by atoms with E-state index in [-0.39, 0.29) is 28.7 Å². The third-order valence-electron chi connectivity index (χ3n) is 4.77. The first-order valence-electron chi connectivity index (χ1n) is 8.82. The number of hydrogen-bond donors (Lipinski definition) is 1. The van der Waals surface area contributed by atoms with Crippen LogP contribution >= 0.6 is 11.6 Å². The number of benzene rings is 1. The molecule has 1 aromatic rings. The lowest BCUT2D eigenvalue weighted by Crippen LogP contribution is -2.49. The number of carbonyl (C=O) groups excluding carboxylic acids is 1. The van der Waals surface area contributed by atoms with Gasteiger partial charge in [-0.05, 0) is 52.7 Å². The van der Waals surface area contributed by atoms with Crippen molar-refractivity contribution in [2.45, 2.75) is 62.7 Å². The molecule has 1 N–H and O–H groups in total. The standard InChI is InChI=1S/C19H27ClO6S/c1-18(2,3)26-15(21)9-7-12-6-8-14(20)17(16(12)22)27(23,24)19(4,5)13-10-25-11-13/h6,8,13,22H,7,9-11H2,1-5H3. The highest BCUT2D eigenvalue weighted by atomic mass is 35.5.